The van der Waals surface area contributed by atoms with Crippen molar-refractivity contribution in [2.75, 3.05) is 13.7 Å². The van der Waals surface area contributed by atoms with Crippen molar-refractivity contribution < 1.29 is 14.3 Å². The summed E-state index contributed by atoms with van der Waals surface area (Å²) in [6.45, 7) is 3.78. The molecule has 1 aliphatic heterocycles. The van der Waals surface area contributed by atoms with E-state index in [9.17, 15) is 9.59 Å². The quantitative estimate of drug-likeness (QED) is 0.860. The monoisotopic (exact) mass is 274 g/mol. The Balaban J connectivity index is 2.50. The summed E-state index contributed by atoms with van der Waals surface area (Å²) in [4.78, 5) is 25.6. The third-order valence-electron chi connectivity index (χ3n) is 3.29. The number of rotatable bonds is 3. The second-order valence-electron chi connectivity index (χ2n) is 4.61. The summed E-state index contributed by atoms with van der Waals surface area (Å²) in [6, 6.07) is 8.79. The highest BCUT2D eigenvalue weighted by Crippen LogP contribution is 2.32. The minimum atomic E-state index is -0.427. The van der Waals surface area contributed by atoms with E-state index < -0.39 is 12.0 Å². The van der Waals surface area contributed by atoms with E-state index in [0.717, 1.165) is 5.56 Å². The number of amides is 2. The molecule has 0 radical (unpaired) electrons. The lowest BCUT2D eigenvalue weighted by Crippen LogP contribution is -2.46. The Morgan fingerprint density at radius 2 is 2.00 bits per heavy atom. The van der Waals surface area contributed by atoms with Crippen molar-refractivity contribution >= 4 is 12.0 Å². The van der Waals surface area contributed by atoms with Crippen LogP contribution >= 0.6 is 0 Å². The number of benzene rings is 1. The molecule has 1 aliphatic rings. The van der Waals surface area contributed by atoms with Crippen LogP contribution in [0.3, 0.4) is 0 Å². The molecule has 20 heavy (non-hydrogen) atoms. The lowest BCUT2D eigenvalue weighted by atomic mass is 9.94. The van der Waals surface area contributed by atoms with E-state index >= 15 is 0 Å². The van der Waals surface area contributed by atoms with Gasteiger partial charge >= 0.3 is 12.0 Å². The molecular formula is C15H18N2O3. The number of allylic oxidation sites excluding steroid dienone is 1. The van der Waals surface area contributed by atoms with Gasteiger partial charge in [0, 0.05) is 12.7 Å². The Morgan fingerprint density at radius 1 is 1.35 bits per heavy atom. The van der Waals surface area contributed by atoms with Gasteiger partial charge in [-0.1, -0.05) is 30.3 Å². The van der Waals surface area contributed by atoms with Gasteiger partial charge in [-0.3, -0.25) is 0 Å². The van der Waals surface area contributed by atoms with Crippen LogP contribution in [0.5, 0.6) is 0 Å². The number of nitrogens with one attached hydrogen (secondary N) is 1. The van der Waals surface area contributed by atoms with Crippen LogP contribution in [0.25, 0.3) is 0 Å². The smallest absolute Gasteiger partial charge is 0.338 e. The highest BCUT2D eigenvalue weighted by molar-refractivity contribution is 5.94. The molecule has 5 heteroatoms. The minimum Gasteiger partial charge on any atom is -0.463 e. The van der Waals surface area contributed by atoms with E-state index in [-0.39, 0.29) is 6.03 Å². The zero-order valence-electron chi connectivity index (χ0n) is 11.8. The first-order valence-corrected chi connectivity index (χ1v) is 6.53. The topological polar surface area (TPSA) is 58.6 Å². The number of urea groups is 1. The van der Waals surface area contributed by atoms with Crippen LogP contribution in [0.4, 0.5) is 4.79 Å². The molecule has 1 aromatic rings. The van der Waals surface area contributed by atoms with Crippen LogP contribution < -0.4 is 5.32 Å². The second kappa shape index (κ2) is 5.77. The standard InChI is InChI=1S/C15H18N2O3/c1-4-20-14(18)12-10(2)16-15(19)17(3)13(12)11-8-6-5-7-9-11/h5-9,13H,4H2,1-3H3,(H,16,19). The van der Waals surface area contributed by atoms with Gasteiger partial charge in [0.1, 0.15) is 0 Å². The first-order chi connectivity index (χ1) is 9.56. The van der Waals surface area contributed by atoms with Crippen LogP contribution in [0.15, 0.2) is 41.6 Å². The average Bonchev–Trinajstić information content (AvgIpc) is 2.43. The SMILES string of the molecule is CCOC(=O)C1=C(C)NC(=O)N(C)C1c1ccccc1. The van der Waals surface area contributed by atoms with Crippen LogP contribution in [0, 0.1) is 0 Å². The van der Waals surface area contributed by atoms with Gasteiger partial charge in [-0.15, -0.1) is 0 Å². The predicted octanol–water partition coefficient (Wildman–Crippen LogP) is 2.22. The number of carbonyl (C=O) groups is 2. The predicted molar refractivity (Wildman–Crippen MR) is 74.8 cm³/mol. The zero-order chi connectivity index (χ0) is 14.7. The molecule has 0 bridgehead atoms. The maximum atomic E-state index is 12.2. The number of hydrogen-bond donors (Lipinski definition) is 1. The molecule has 0 aromatic heterocycles. The maximum Gasteiger partial charge on any atom is 0.338 e. The number of esters is 1. The molecule has 1 unspecified atom stereocenters. The van der Waals surface area contributed by atoms with Gasteiger partial charge in [0.25, 0.3) is 0 Å². The number of ether oxygens (including phenoxy) is 1. The number of likely N-dealkylation sites (N-methyl/N-ethyl adjacent to an activating group) is 1. The first-order valence-electron chi connectivity index (χ1n) is 6.53. The van der Waals surface area contributed by atoms with Crippen molar-refractivity contribution in [3.05, 3.63) is 47.2 Å². The minimum absolute atomic E-state index is 0.232. The first kappa shape index (κ1) is 14.1. The molecular weight excluding hydrogens is 256 g/mol. The van der Waals surface area contributed by atoms with Crippen LogP contribution in [0.2, 0.25) is 0 Å². The number of hydrogen-bond acceptors (Lipinski definition) is 3. The molecule has 0 fully saturated rings. The van der Waals surface area contributed by atoms with Gasteiger partial charge in [0.05, 0.1) is 18.2 Å². The molecule has 1 heterocycles. The molecule has 0 saturated heterocycles. The molecule has 0 spiro atoms. The Bertz CT molecular complexity index is 551. The highest BCUT2D eigenvalue weighted by atomic mass is 16.5. The maximum absolute atomic E-state index is 12.2. The Kier molecular flexibility index (Phi) is 4.08. The summed E-state index contributed by atoms with van der Waals surface area (Å²) in [7, 11) is 1.67. The van der Waals surface area contributed by atoms with E-state index in [4.69, 9.17) is 4.74 Å². The van der Waals surface area contributed by atoms with Crippen LogP contribution in [0.1, 0.15) is 25.5 Å². The van der Waals surface area contributed by atoms with E-state index in [0.29, 0.717) is 17.9 Å². The summed E-state index contributed by atoms with van der Waals surface area (Å²) < 4.78 is 5.11. The summed E-state index contributed by atoms with van der Waals surface area (Å²) in [6.07, 6.45) is 0. The largest absolute Gasteiger partial charge is 0.463 e. The zero-order valence-corrected chi connectivity index (χ0v) is 11.8. The van der Waals surface area contributed by atoms with Gasteiger partial charge in [0.15, 0.2) is 0 Å². The fraction of sp³-hybridized carbons (Fsp3) is 0.333. The fourth-order valence-corrected chi connectivity index (χ4v) is 2.33. The van der Waals surface area contributed by atoms with E-state index in [1.54, 1.807) is 20.9 Å². The summed E-state index contributed by atoms with van der Waals surface area (Å²) >= 11 is 0. The lowest BCUT2D eigenvalue weighted by Gasteiger charge is -2.35. The van der Waals surface area contributed by atoms with Gasteiger partial charge in [-0.2, -0.15) is 0 Å². The molecule has 5 nitrogen and oxygen atoms in total. The van der Waals surface area contributed by atoms with Crippen molar-refractivity contribution in [3.63, 3.8) is 0 Å². The average molecular weight is 274 g/mol. The van der Waals surface area contributed by atoms with Crippen molar-refractivity contribution in [2.24, 2.45) is 0 Å². The van der Waals surface area contributed by atoms with Crippen molar-refractivity contribution in [1.82, 2.24) is 10.2 Å². The number of carbonyl (C=O) groups excluding carboxylic acids is 2. The highest BCUT2D eigenvalue weighted by Gasteiger charge is 2.36. The third-order valence-corrected chi connectivity index (χ3v) is 3.29. The summed E-state index contributed by atoms with van der Waals surface area (Å²) in [5.74, 6) is -0.397. The molecule has 1 N–H and O–H groups in total. The van der Waals surface area contributed by atoms with Gasteiger partial charge in [-0.25, -0.2) is 9.59 Å². The van der Waals surface area contributed by atoms with Crippen molar-refractivity contribution in [2.45, 2.75) is 19.9 Å². The van der Waals surface area contributed by atoms with E-state index in [2.05, 4.69) is 5.32 Å². The normalized spacial score (nSPS) is 18.9. The summed E-state index contributed by atoms with van der Waals surface area (Å²) in [5.41, 5.74) is 1.90. The Labute approximate surface area is 118 Å². The molecule has 0 aliphatic carbocycles. The number of nitrogens with zero attached hydrogens (tertiary/aromatic N) is 1. The van der Waals surface area contributed by atoms with Gasteiger partial charge in [-0.05, 0) is 19.4 Å². The van der Waals surface area contributed by atoms with E-state index in [1.165, 1.54) is 4.90 Å². The molecule has 1 atom stereocenters. The lowest BCUT2D eigenvalue weighted by molar-refractivity contribution is -0.139. The molecule has 0 saturated carbocycles. The van der Waals surface area contributed by atoms with Gasteiger partial charge < -0.3 is 15.0 Å². The molecule has 2 rings (SSSR count). The molecule has 1 aromatic carbocycles. The van der Waals surface area contributed by atoms with Gasteiger partial charge in [0.2, 0.25) is 0 Å². The van der Waals surface area contributed by atoms with Crippen LogP contribution in [-0.2, 0) is 9.53 Å². The van der Waals surface area contributed by atoms with Crippen LogP contribution in [-0.4, -0.2) is 30.6 Å². The van der Waals surface area contributed by atoms with E-state index in [1.807, 2.05) is 30.3 Å². The second-order valence-corrected chi connectivity index (χ2v) is 4.61. The summed E-state index contributed by atoms with van der Waals surface area (Å²) in [5, 5.41) is 2.68. The molecule has 2 amide bonds. The molecule has 106 valence electrons. The Morgan fingerprint density at radius 3 is 2.60 bits per heavy atom. The third kappa shape index (κ3) is 2.52. The van der Waals surface area contributed by atoms with Crippen molar-refractivity contribution in [3.8, 4) is 0 Å². The fourth-order valence-electron chi connectivity index (χ4n) is 2.33. The Hall–Kier alpha value is -2.30. The van der Waals surface area contributed by atoms with Crippen molar-refractivity contribution in [1.29, 1.82) is 0 Å².